The summed E-state index contributed by atoms with van der Waals surface area (Å²) in [5.41, 5.74) is 1.40. The zero-order valence-electron chi connectivity index (χ0n) is 9.27. The first kappa shape index (κ1) is 12.0. The third-order valence-electron chi connectivity index (χ3n) is 1.80. The van der Waals surface area contributed by atoms with Crippen LogP contribution in [0.15, 0.2) is 54.8 Å². The van der Waals surface area contributed by atoms with Crippen LogP contribution in [-0.4, -0.2) is 12.6 Å². The second-order valence-corrected chi connectivity index (χ2v) is 3.29. The van der Waals surface area contributed by atoms with Crippen molar-refractivity contribution in [3.05, 3.63) is 54.8 Å². The smallest absolute Gasteiger partial charge is 0.333 e. The van der Waals surface area contributed by atoms with E-state index in [0.29, 0.717) is 5.57 Å². The predicted octanol–water partition coefficient (Wildman–Crippen LogP) is 2.73. The van der Waals surface area contributed by atoms with Gasteiger partial charge in [0.25, 0.3) is 0 Å². The third-order valence-corrected chi connectivity index (χ3v) is 1.80. The fourth-order valence-corrected chi connectivity index (χ4v) is 0.985. The van der Waals surface area contributed by atoms with E-state index in [4.69, 9.17) is 4.74 Å². The number of carbonyl (C=O) groups is 1. The Morgan fingerprint density at radius 1 is 1.44 bits per heavy atom. The van der Waals surface area contributed by atoms with Crippen LogP contribution in [0.2, 0.25) is 0 Å². The second kappa shape index (κ2) is 6.45. The highest BCUT2D eigenvalue weighted by Crippen LogP contribution is 2.04. The van der Waals surface area contributed by atoms with Crippen LogP contribution < -0.4 is 5.32 Å². The van der Waals surface area contributed by atoms with Gasteiger partial charge in [-0.1, -0.05) is 24.8 Å². The SMILES string of the molecule is C=C(C)C(=O)OC/C=C/Nc1ccccc1. The molecule has 0 spiro atoms. The van der Waals surface area contributed by atoms with Gasteiger partial charge in [0, 0.05) is 17.5 Å². The average molecular weight is 217 g/mol. The fourth-order valence-electron chi connectivity index (χ4n) is 0.985. The first-order valence-corrected chi connectivity index (χ1v) is 4.99. The monoisotopic (exact) mass is 217 g/mol. The molecule has 0 heterocycles. The molecule has 0 saturated heterocycles. The van der Waals surface area contributed by atoms with E-state index in [1.165, 1.54) is 0 Å². The van der Waals surface area contributed by atoms with E-state index in [1.54, 1.807) is 19.2 Å². The Labute approximate surface area is 95.4 Å². The highest BCUT2D eigenvalue weighted by atomic mass is 16.5. The van der Waals surface area contributed by atoms with Crippen LogP contribution >= 0.6 is 0 Å². The maximum absolute atomic E-state index is 11.0. The molecule has 1 aromatic rings. The van der Waals surface area contributed by atoms with E-state index in [1.807, 2.05) is 30.3 Å². The molecule has 0 saturated carbocycles. The van der Waals surface area contributed by atoms with Crippen molar-refractivity contribution in [2.24, 2.45) is 0 Å². The van der Waals surface area contributed by atoms with Crippen molar-refractivity contribution in [3.63, 3.8) is 0 Å². The lowest BCUT2D eigenvalue weighted by atomic mass is 10.3. The van der Waals surface area contributed by atoms with Gasteiger partial charge in [-0.05, 0) is 25.1 Å². The van der Waals surface area contributed by atoms with Crippen molar-refractivity contribution in [2.75, 3.05) is 11.9 Å². The summed E-state index contributed by atoms with van der Waals surface area (Å²) in [5, 5.41) is 3.05. The van der Waals surface area contributed by atoms with Gasteiger partial charge in [-0.25, -0.2) is 4.79 Å². The molecular formula is C13H15NO2. The minimum Gasteiger partial charge on any atom is -0.458 e. The van der Waals surface area contributed by atoms with E-state index in [0.717, 1.165) is 5.69 Å². The maximum atomic E-state index is 11.0. The van der Waals surface area contributed by atoms with Crippen molar-refractivity contribution in [3.8, 4) is 0 Å². The van der Waals surface area contributed by atoms with Gasteiger partial charge in [0.05, 0.1) is 0 Å². The van der Waals surface area contributed by atoms with Crippen molar-refractivity contribution in [1.29, 1.82) is 0 Å². The van der Waals surface area contributed by atoms with E-state index in [2.05, 4.69) is 11.9 Å². The zero-order valence-corrected chi connectivity index (χ0v) is 9.27. The molecule has 0 aliphatic heterocycles. The number of nitrogens with one attached hydrogen (secondary N) is 1. The highest BCUT2D eigenvalue weighted by molar-refractivity contribution is 5.86. The Hall–Kier alpha value is -2.03. The lowest BCUT2D eigenvalue weighted by molar-refractivity contribution is -0.137. The number of anilines is 1. The Kier molecular flexibility index (Phi) is 4.86. The van der Waals surface area contributed by atoms with Gasteiger partial charge in [-0.3, -0.25) is 0 Å². The molecule has 0 aliphatic rings. The molecule has 1 rings (SSSR count). The Bertz CT molecular complexity index is 382. The average Bonchev–Trinajstić information content (AvgIpc) is 2.29. The number of carbonyl (C=O) groups excluding carboxylic acids is 1. The number of hydrogen-bond acceptors (Lipinski definition) is 3. The molecule has 1 N–H and O–H groups in total. The summed E-state index contributed by atoms with van der Waals surface area (Å²) < 4.78 is 4.88. The van der Waals surface area contributed by atoms with Crippen molar-refractivity contribution in [2.45, 2.75) is 6.92 Å². The van der Waals surface area contributed by atoms with Gasteiger partial charge in [-0.15, -0.1) is 0 Å². The summed E-state index contributed by atoms with van der Waals surface area (Å²) in [6.45, 7) is 5.35. The van der Waals surface area contributed by atoms with Crippen LogP contribution in [0.5, 0.6) is 0 Å². The first-order chi connectivity index (χ1) is 7.70. The molecule has 0 amide bonds. The number of benzene rings is 1. The number of esters is 1. The zero-order chi connectivity index (χ0) is 11.8. The summed E-state index contributed by atoms with van der Waals surface area (Å²) in [6.07, 6.45) is 3.47. The van der Waals surface area contributed by atoms with E-state index < -0.39 is 0 Å². The van der Waals surface area contributed by atoms with Crippen LogP contribution in [0, 0.1) is 0 Å². The molecule has 0 radical (unpaired) electrons. The molecule has 3 nitrogen and oxygen atoms in total. The summed E-state index contributed by atoms with van der Waals surface area (Å²) in [7, 11) is 0. The molecule has 0 atom stereocenters. The van der Waals surface area contributed by atoms with Gasteiger partial charge < -0.3 is 10.1 Å². The number of ether oxygens (including phenoxy) is 1. The maximum Gasteiger partial charge on any atom is 0.333 e. The van der Waals surface area contributed by atoms with E-state index >= 15 is 0 Å². The first-order valence-electron chi connectivity index (χ1n) is 4.99. The molecule has 0 aliphatic carbocycles. The molecule has 0 fully saturated rings. The van der Waals surface area contributed by atoms with Crippen LogP contribution in [0.3, 0.4) is 0 Å². The van der Waals surface area contributed by atoms with Crippen LogP contribution in [0.4, 0.5) is 5.69 Å². The lowest BCUT2D eigenvalue weighted by Crippen LogP contribution is -2.04. The van der Waals surface area contributed by atoms with Gasteiger partial charge in [0.1, 0.15) is 6.61 Å². The van der Waals surface area contributed by atoms with Crippen LogP contribution in [-0.2, 0) is 9.53 Å². The quantitative estimate of drug-likeness (QED) is 0.608. The van der Waals surface area contributed by atoms with Crippen molar-refractivity contribution >= 4 is 11.7 Å². The molecule has 0 bridgehead atoms. The van der Waals surface area contributed by atoms with E-state index in [-0.39, 0.29) is 12.6 Å². The number of hydrogen-bond donors (Lipinski definition) is 1. The van der Waals surface area contributed by atoms with E-state index in [9.17, 15) is 4.79 Å². The number of para-hydroxylation sites is 1. The second-order valence-electron chi connectivity index (χ2n) is 3.29. The summed E-state index contributed by atoms with van der Waals surface area (Å²) in [4.78, 5) is 11.0. The van der Waals surface area contributed by atoms with Crippen LogP contribution in [0.1, 0.15) is 6.92 Å². The Balaban J connectivity index is 2.24. The van der Waals surface area contributed by atoms with Gasteiger partial charge in [0.15, 0.2) is 0 Å². The topological polar surface area (TPSA) is 38.3 Å². The molecule has 0 aromatic heterocycles. The Morgan fingerprint density at radius 2 is 2.12 bits per heavy atom. The van der Waals surface area contributed by atoms with Gasteiger partial charge >= 0.3 is 5.97 Å². The summed E-state index contributed by atoms with van der Waals surface area (Å²) in [5.74, 6) is -0.371. The molecule has 16 heavy (non-hydrogen) atoms. The minimum absolute atomic E-state index is 0.242. The predicted molar refractivity (Wildman–Crippen MR) is 65.0 cm³/mol. The molecule has 0 unspecified atom stereocenters. The molecular weight excluding hydrogens is 202 g/mol. The highest BCUT2D eigenvalue weighted by Gasteiger charge is 1.99. The molecule has 1 aromatic carbocycles. The van der Waals surface area contributed by atoms with Crippen molar-refractivity contribution in [1.82, 2.24) is 0 Å². The number of rotatable bonds is 5. The summed E-state index contributed by atoms with van der Waals surface area (Å²) >= 11 is 0. The Morgan fingerprint density at radius 3 is 2.75 bits per heavy atom. The lowest BCUT2D eigenvalue weighted by Gasteiger charge is -2.01. The van der Waals surface area contributed by atoms with Gasteiger partial charge in [0.2, 0.25) is 0 Å². The minimum atomic E-state index is -0.371. The fraction of sp³-hybridized carbons (Fsp3) is 0.154. The molecule has 84 valence electrons. The normalized spacial score (nSPS) is 10.1. The van der Waals surface area contributed by atoms with Crippen LogP contribution in [0.25, 0.3) is 0 Å². The summed E-state index contributed by atoms with van der Waals surface area (Å²) in [6, 6.07) is 9.73. The van der Waals surface area contributed by atoms with Gasteiger partial charge in [-0.2, -0.15) is 0 Å². The largest absolute Gasteiger partial charge is 0.458 e. The third kappa shape index (κ3) is 4.46. The van der Waals surface area contributed by atoms with Crippen molar-refractivity contribution < 1.29 is 9.53 Å². The molecule has 3 heteroatoms. The standard InChI is InChI=1S/C13H15NO2/c1-11(2)13(15)16-10-6-9-14-12-7-4-3-5-8-12/h3-9,14H,1,10H2,2H3/b9-6+.